The largest absolute Gasteiger partial charge is 0.512 e. The second kappa shape index (κ2) is 10.7. The number of hydrogen-bond donors (Lipinski definition) is 2. The molecule has 2 heterocycles. The Labute approximate surface area is 241 Å². The summed E-state index contributed by atoms with van der Waals surface area (Å²) in [6.07, 6.45) is 3.78. The first-order valence-corrected chi connectivity index (χ1v) is 14.7. The molecule has 1 saturated heterocycles. The van der Waals surface area contributed by atoms with Crippen molar-refractivity contribution in [1.29, 1.82) is 5.41 Å². The molecule has 2 saturated carbocycles. The number of allylic oxidation sites excluding steroid dienone is 1. The zero-order valence-electron chi connectivity index (χ0n) is 21.5. The summed E-state index contributed by atoms with van der Waals surface area (Å²) in [5.74, 6) is 0.930. The maximum Gasteiger partial charge on any atom is 0.358 e. The minimum absolute atomic E-state index is 0.0743. The van der Waals surface area contributed by atoms with Crippen molar-refractivity contribution in [2.24, 2.45) is 17.8 Å². The van der Waals surface area contributed by atoms with E-state index >= 15 is 0 Å². The van der Waals surface area contributed by atoms with Gasteiger partial charge in [-0.25, -0.2) is 4.79 Å². The van der Waals surface area contributed by atoms with Gasteiger partial charge >= 0.3 is 5.97 Å². The average Bonchev–Trinajstić information content (AvgIpc) is 3.40. The Hall–Kier alpha value is -2.65. The molecule has 10 heteroatoms. The first-order valence-electron chi connectivity index (χ1n) is 13.1. The molecule has 3 aromatic rings. The molecule has 0 radical (unpaired) electrons. The molecule has 1 aliphatic heterocycles. The van der Waals surface area contributed by atoms with Crippen molar-refractivity contribution in [2.45, 2.75) is 31.8 Å². The highest BCUT2D eigenvalue weighted by atomic mass is 35.5. The molecule has 1 aromatic heterocycles. The Kier molecular flexibility index (Phi) is 7.31. The van der Waals surface area contributed by atoms with Crippen LogP contribution < -0.4 is 4.90 Å². The molecule has 7 nitrogen and oxygen atoms in total. The van der Waals surface area contributed by atoms with Crippen molar-refractivity contribution < 1.29 is 19.4 Å². The van der Waals surface area contributed by atoms with E-state index in [4.69, 9.17) is 38.1 Å². The highest BCUT2D eigenvalue weighted by molar-refractivity contribution is 7.13. The highest BCUT2D eigenvalue weighted by Crippen LogP contribution is 2.43. The summed E-state index contributed by atoms with van der Waals surface area (Å²) in [4.78, 5) is 14.4. The minimum atomic E-state index is -0.413. The number of aliphatic hydroxyl groups is 1. The van der Waals surface area contributed by atoms with Gasteiger partial charge in [-0.3, -0.25) is 5.41 Å². The SMILES string of the molecule is COC(=O)c1nsc2cc(N3CC4CC(OC/C(C(=N)c5c(Cl)cccc5Cl)=C(/O)C5CC5)C[C@H]4C3)ccc12. The molecule has 2 aliphatic carbocycles. The van der Waals surface area contributed by atoms with Crippen molar-refractivity contribution in [2.75, 3.05) is 31.7 Å². The monoisotopic (exact) mass is 585 g/mol. The van der Waals surface area contributed by atoms with Gasteiger partial charge in [-0.15, -0.1) is 0 Å². The molecule has 3 aliphatic rings. The van der Waals surface area contributed by atoms with Crippen molar-refractivity contribution >= 4 is 62.2 Å². The fraction of sp³-hybridized carbons (Fsp3) is 0.414. The van der Waals surface area contributed by atoms with Crippen molar-refractivity contribution in [3.63, 3.8) is 0 Å². The van der Waals surface area contributed by atoms with Gasteiger partial charge in [-0.05, 0) is 79.4 Å². The first-order chi connectivity index (χ1) is 18.8. The Balaban J connectivity index is 1.11. The van der Waals surface area contributed by atoms with Gasteiger partial charge in [0.05, 0.1) is 40.3 Å². The Morgan fingerprint density at radius 1 is 1.15 bits per heavy atom. The molecular weight excluding hydrogens is 557 g/mol. The number of carbonyl (C=O) groups excluding carboxylic acids is 1. The van der Waals surface area contributed by atoms with Crippen molar-refractivity contribution in [3.05, 3.63) is 69.0 Å². The highest BCUT2D eigenvalue weighted by Gasteiger charge is 2.42. The van der Waals surface area contributed by atoms with E-state index in [0.29, 0.717) is 38.7 Å². The average molecular weight is 587 g/mol. The predicted octanol–water partition coefficient (Wildman–Crippen LogP) is 6.91. The number of aromatic nitrogens is 1. The van der Waals surface area contributed by atoms with Gasteiger partial charge in [-0.2, -0.15) is 4.37 Å². The number of fused-ring (bicyclic) bond motifs is 2. The zero-order valence-corrected chi connectivity index (χ0v) is 23.8. The third-order valence-electron chi connectivity index (χ3n) is 8.16. The second-order valence-corrected chi connectivity index (χ2v) is 12.3. The predicted molar refractivity (Wildman–Crippen MR) is 155 cm³/mol. The van der Waals surface area contributed by atoms with Crippen LogP contribution in [0.1, 0.15) is 41.7 Å². The normalized spacial score (nSPS) is 23.2. The zero-order chi connectivity index (χ0) is 27.3. The van der Waals surface area contributed by atoms with E-state index in [1.165, 1.54) is 18.6 Å². The number of nitrogens with one attached hydrogen (secondary N) is 1. The maximum absolute atomic E-state index is 12.0. The van der Waals surface area contributed by atoms with Gasteiger partial charge in [0.2, 0.25) is 0 Å². The van der Waals surface area contributed by atoms with Gasteiger partial charge in [0.15, 0.2) is 5.69 Å². The molecule has 204 valence electrons. The van der Waals surface area contributed by atoms with Crippen LogP contribution >= 0.6 is 34.7 Å². The number of anilines is 1. The van der Waals surface area contributed by atoms with Gasteiger partial charge in [-0.1, -0.05) is 29.3 Å². The van der Waals surface area contributed by atoms with E-state index in [0.717, 1.165) is 54.5 Å². The van der Waals surface area contributed by atoms with Gasteiger partial charge in [0.25, 0.3) is 0 Å². The summed E-state index contributed by atoms with van der Waals surface area (Å²) in [5, 5.41) is 21.4. The van der Waals surface area contributed by atoms with Crippen LogP contribution in [0.4, 0.5) is 5.69 Å². The van der Waals surface area contributed by atoms with Crippen LogP contribution in [0.25, 0.3) is 10.1 Å². The summed E-state index contributed by atoms with van der Waals surface area (Å²) in [5.41, 5.74) is 2.55. The van der Waals surface area contributed by atoms with E-state index in [9.17, 15) is 9.90 Å². The number of benzene rings is 2. The number of methoxy groups -OCH3 is 1. The first kappa shape index (κ1) is 26.6. The molecule has 2 N–H and O–H groups in total. The molecule has 3 atom stereocenters. The van der Waals surface area contributed by atoms with Gasteiger partial charge in [0.1, 0.15) is 5.76 Å². The van der Waals surface area contributed by atoms with E-state index in [1.807, 2.05) is 6.07 Å². The molecule has 39 heavy (non-hydrogen) atoms. The van der Waals surface area contributed by atoms with E-state index in [-0.39, 0.29) is 30.1 Å². The molecule has 2 aromatic carbocycles. The van der Waals surface area contributed by atoms with E-state index in [2.05, 4.69) is 21.4 Å². The van der Waals surface area contributed by atoms with Crippen molar-refractivity contribution in [1.82, 2.24) is 4.37 Å². The van der Waals surface area contributed by atoms with Crippen LogP contribution in [-0.2, 0) is 9.47 Å². The number of halogens is 2. The van der Waals surface area contributed by atoms with Crippen LogP contribution in [0.15, 0.2) is 47.7 Å². The van der Waals surface area contributed by atoms with E-state index < -0.39 is 5.97 Å². The van der Waals surface area contributed by atoms with Crippen LogP contribution in [0.3, 0.4) is 0 Å². The lowest BCUT2D eigenvalue weighted by Gasteiger charge is -2.22. The molecule has 2 unspecified atom stereocenters. The molecular formula is C29H29Cl2N3O4S. The number of carbonyl (C=O) groups is 1. The number of esters is 1. The van der Waals surface area contributed by atoms with Crippen molar-refractivity contribution in [3.8, 4) is 0 Å². The smallest absolute Gasteiger partial charge is 0.358 e. The lowest BCUT2D eigenvalue weighted by atomic mass is 10.00. The van der Waals surface area contributed by atoms with Crippen LogP contribution in [0, 0.1) is 23.2 Å². The summed E-state index contributed by atoms with van der Waals surface area (Å²) in [7, 11) is 1.37. The number of nitrogens with zero attached hydrogens (tertiary/aromatic N) is 2. The fourth-order valence-electron chi connectivity index (χ4n) is 5.92. The molecule has 3 fully saturated rings. The molecule has 0 spiro atoms. The van der Waals surface area contributed by atoms with Crippen LogP contribution in [0.2, 0.25) is 10.0 Å². The summed E-state index contributed by atoms with van der Waals surface area (Å²) >= 11 is 14.1. The lowest BCUT2D eigenvalue weighted by Crippen LogP contribution is -2.24. The Bertz CT molecular complexity index is 1450. The summed E-state index contributed by atoms with van der Waals surface area (Å²) < 4.78 is 16.4. The van der Waals surface area contributed by atoms with Gasteiger partial charge < -0.3 is 19.5 Å². The number of ether oxygens (including phenoxy) is 2. The summed E-state index contributed by atoms with van der Waals surface area (Å²) in [6.45, 7) is 2.06. The Morgan fingerprint density at radius 3 is 2.49 bits per heavy atom. The van der Waals surface area contributed by atoms with E-state index in [1.54, 1.807) is 18.2 Å². The van der Waals surface area contributed by atoms with Crippen LogP contribution in [-0.4, -0.2) is 54.1 Å². The number of hydrogen-bond acceptors (Lipinski definition) is 8. The fourth-order valence-corrected chi connectivity index (χ4v) is 7.31. The second-order valence-electron chi connectivity index (χ2n) is 10.6. The molecule has 6 rings (SSSR count). The lowest BCUT2D eigenvalue weighted by molar-refractivity contribution is 0.0597. The quantitative estimate of drug-likeness (QED) is 0.169. The topological polar surface area (TPSA) is 95.7 Å². The third-order valence-corrected chi connectivity index (χ3v) is 9.60. The minimum Gasteiger partial charge on any atom is -0.512 e. The molecule has 0 amide bonds. The number of aliphatic hydroxyl groups excluding tert-OH is 1. The third kappa shape index (κ3) is 5.15. The standard InChI is InChI=1S/C29H29Cl2N3O4S/c1-37-29(36)27-20-8-7-18(11-24(20)39-33-27)34-12-16-9-19(10-17(16)13-34)38-14-21(28(35)15-5-6-15)26(32)25-22(30)3-2-4-23(25)31/h2-4,7-8,11,15-17,19,32,35H,5-6,9-10,12-14H2,1H3/b28-21-,32-26?/t16-,17?,19?/m0/s1. The Morgan fingerprint density at radius 2 is 1.85 bits per heavy atom. The molecule has 0 bridgehead atoms. The number of rotatable bonds is 8. The summed E-state index contributed by atoms with van der Waals surface area (Å²) in [6, 6.07) is 11.3. The van der Waals surface area contributed by atoms with Crippen LogP contribution in [0.5, 0.6) is 0 Å². The van der Waals surface area contributed by atoms with Gasteiger partial charge in [0, 0.05) is 41.2 Å². The maximum atomic E-state index is 12.0.